The highest BCUT2D eigenvalue weighted by Gasteiger charge is 2.22. The van der Waals surface area contributed by atoms with Gasteiger partial charge < -0.3 is 14.5 Å². The first-order chi connectivity index (χ1) is 13.3. The second-order valence-corrected chi connectivity index (χ2v) is 7.57. The van der Waals surface area contributed by atoms with Gasteiger partial charge in [-0.15, -0.1) is 6.58 Å². The molecule has 0 unspecified atom stereocenters. The maximum absolute atomic E-state index is 6.00. The number of benzene rings is 2. The Hall–Kier alpha value is -2.10. The van der Waals surface area contributed by atoms with Gasteiger partial charge in [-0.2, -0.15) is 0 Å². The Morgan fingerprint density at radius 2 is 1.56 bits per heavy atom. The average molecular weight is 367 g/mol. The van der Waals surface area contributed by atoms with Crippen LogP contribution in [0.3, 0.4) is 0 Å². The van der Waals surface area contributed by atoms with Crippen molar-refractivity contribution in [2.75, 3.05) is 39.3 Å². The van der Waals surface area contributed by atoms with Gasteiger partial charge in [-0.05, 0) is 30.9 Å². The van der Waals surface area contributed by atoms with Crippen molar-refractivity contribution in [3.63, 3.8) is 0 Å². The van der Waals surface area contributed by atoms with Crippen molar-refractivity contribution in [3.05, 3.63) is 78.4 Å². The van der Waals surface area contributed by atoms with E-state index < -0.39 is 0 Å². The van der Waals surface area contributed by atoms with E-state index in [2.05, 4.69) is 55.1 Å². The highest BCUT2D eigenvalue weighted by atomic mass is 16.5. The summed E-state index contributed by atoms with van der Waals surface area (Å²) in [6.07, 6.45) is 5.18. The lowest BCUT2D eigenvalue weighted by molar-refractivity contribution is -1.02. The number of quaternary nitrogens is 2. The molecule has 0 bridgehead atoms. The van der Waals surface area contributed by atoms with Crippen LogP contribution in [0.4, 0.5) is 0 Å². The molecule has 3 heteroatoms. The smallest absolute Gasteiger partial charge is 0.127 e. The molecule has 1 heterocycles. The highest BCUT2D eigenvalue weighted by Crippen LogP contribution is 2.18. The monoisotopic (exact) mass is 366 g/mol. The van der Waals surface area contributed by atoms with Gasteiger partial charge in [-0.1, -0.05) is 54.6 Å². The molecule has 144 valence electrons. The molecule has 1 fully saturated rings. The molecule has 2 N–H and O–H groups in total. The highest BCUT2D eigenvalue weighted by molar-refractivity contribution is 5.34. The van der Waals surface area contributed by atoms with E-state index in [1.54, 1.807) is 9.80 Å². The topological polar surface area (TPSA) is 18.1 Å². The van der Waals surface area contributed by atoms with Crippen LogP contribution >= 0.6 is 0 Å². The van der Waals surface area contributed by atoms with E-state index in [0.29, 0.717) is 0 Å². The zero-order valence-electron chi connectivity index (χ0n) is 16.5. The number of hydrogen-bond donors (Lipinski definition) is 2. The van der Waals surface area contributed by atoms with Crippen LogP contribution in [-0.4, -0.2) is 39.3 Å². The van der Waals surface area contributed by atoms with E-state index in [1.165, 1.54) is 56.8 Å². The normalized spacial score (nSPS) is 19.6. The van der Waals surface area contributed by atoms with E-state index in [0.717, 1.165) is 25.2 Å². The van der Waals surface area contributed by atoms with E-state index in [4.69, 9.17) is 4.74 Å². The minimum Gasteiger partial charge on any atom is -0.493 e. The third-order valence-corrected chi connectivity index (χ3v) is 5.48. The summed E-state index contributed by atoms with van der Waals surface area (Å²) in [6, 6.07) is 19.2. The van der Waals surface area contributed by atoms with Crippen molar-refractivity contribution in [2.45, 2.75) is 25.8 Å². The van der Waals surface area contributed by atoms with Gasteiger partial charge in [0, 0.05) is 5.56 Å². The number of unbranched alkanes of at least 4 members (excludes halogenated alkanes) is 1. The lowest BCUT2D eigenvalue weighted by Crippen LogP contribution is -3.27. The number of allylic oxidation sites excluding steroid dienone is 1. The largest absolute Gasteiger partial charge is 0.493 e. The molecule has 0 atom stereocenters. The molecule has 27 heavy (non-hydrogen) atoms. The second-order valence-electron chi connectivity index (χ2n) is 7.57. The Morgan fingerprint density at radius 1 is 0.852 bits per heavy atom. The van der Waals surface area contributed by atoms with E-state index in [9.17, 15) is 0 Å². The van der Waals surface area contributed by atoms with Crippen molar-refractivity contribution in [3.8, 4) is 5.75 Å². The van der Waals surface area contributed by atoms with Crippen molar-refractivity contribution >= 4 is 0 Å². The van der Waals surface area contributed by atoms with Crippen LogP contribution in [0.1, 0.15) is 24.0 Å². The number of hydrogen-bond acceptors (Lipinski definition) is 1. The standard InChI is InChI=1S/C24H32N2O/c1-2-10-23-13-6-7-14-24(23)27-20-9-8-15-25-16-18-26(19-17-25)21-22-11-4-3-5-12-22/h2-7,11-14H,1,8-10,15-21H2/p+2. The minimum atomic E-state index is 0.812. The van der Waals surface area contributed by atoms with Crippen LogP contribution in [0.15, 0.2) is 67.3 Å². The molecule has 3 rings (SSSR count). The SMILES string of the molecule is C=CCc1ccccc1OCCCC[NH+]1CC[NH+](Cc2ccccc2)CC1. The van der Waals surface area contributed by atoms with Crippen LogP contribution in [0, 0.1) is 0 Å². The minimum absolute atomic E-state index is 0.812. The van der Waals surface area contributed by atoms with Crippen LogP contribution in [0.25, 0.3) is 0 Å². The number of piperazine rings is 1. The Bertz CT molecular complexity index is 678. The molecule has 3 nitrogen and oxygen atoms in total. The Balaban J connectivity index is 1.29. The average Bonchev–Trinajstić information content (AvgIpc) is 2.71. The van der Waals surface area contributed by atoms with Crippen LogP contribution in [0.5, 0.6) is 5.75 Å². The van der Waals surface area contributed by atoms with Crippen LogP contribution < -0.4 is 14.5 Å². The summed E-state index contributed by atoms with van der Waals surface area (Å²) in [5, 5.41) is 0. The van der Waals surface area contributed by atoms with Crippen molar-refractivity contribution in [2.24, 2.45) is 0 Å². The Kier molecular flexibility index (Phi) is 7.94. The lowest BCUT2D eigenvalue weighted by atomic mass is 10.1. The van der Waals surface area contributed by atoms with Gasteiger partial charge in [-0.25, -0.2) is 0 Å². The zero-order chi connectivity index (χ0) is 18.7. The maximum atomic E-state index is 6.00. The van der Waals surface area contributed by atoms with Crippen molar-refractivity contribution in [1.82, 2.24) is 0 Å². The molecule has 0 spiro atoms. The van der Waals surface area contributed by atoms with Gasteiger partial charge in [0.05, 0.1) is 13.2 Å². The quantitative estimate of drug-likeness (QED) is 0.482. The molecular formula is C24H34N2O+2. The summed E-state index contributed by atoms with van der Waals surface area (Å²) in [5.74, 6) is 1.02. The lowest BCUT2D eigenvalue weighted by Gasteiger charge is -2.29. The molecule has 0 radical (unpaired) electrons. The molecule has 0 aromatic heterocycles. The number of ether oxygens (including phenoxy) is 1. The summed E-state index contributed by atoms with van der Waals surface area (Å²) in [5.41, 5.74) is 2.69. The van der Waals surface area contributed by atoms with Gasteiger partial charge in [0.25, 0.3) is 0 Å². The third kappa shape index (κ3) is 6.53. The van der Waals surface area contributed by atoms with E-state index >= 15 is 0 Å². The van der Waals surface area contributed by atoms with Crippen LogP contribution in [0.2, 0.25) is 0 Å². The molecule has 1 aliphatic heterocycles. The number of nitrogens with one attached hydrogen (secondary N) is 2. The summed E-state index contributed by atoms with van der Waals surface area (Å²) in [4.78, 5) is 3.49. The molecular weight excluding hydrogens is 332 g/mol. The fourth-order valence-corrected chi connectivity index (χ4v) is 3.90. The zero-order valence-corrected chi connectivity index (χ0v) is 16.5. The molecule has 1 saturated heterocycles. The molecule has 0 aliphatic carbocycles. The van der Waals surface area contributed by atoms with E-state index in [1.807, 2.05) is 12.1 Å². The summed E-state index contributed by atoms with van der Waals surface area (Å²) in [6.45, 7) is 12.3. The Labute approximate surface area is 164 Å². The summed E-state index contributed by atoms with van der Waals surface area (Å²) in [7, 11) is 0. The van der Waals surface area contributed by atoms with Crippen molar-refractivity contribution in [1.29, 1.82) is 0 Å². The van der Waals surface area contributed by atoms with Gasteiger partial charge in [0.1, 0.15) is 38.5 Å². The fourth-order valence-electron chi connectivity index (χ4n) is 3.90. The number of para-hydroxylation sites is 1. The summed E-state index contributed by atoms with van der Waals surface area (Å²) < 4.78 is 6.00. The van der Waals surface area contributed by atoms with Gasteiger partial charge >= 0.3 is 0 Å². The predicted octanol–water partition coefficient (Wildman–Crippen LogP) is 1.56. The van der Waals surface area contributed by atoms with Gasteiger partial charge in [0.15, 0.2) is 0 Å². The maximum Gasteiger partial charge on any atom is 0.127 e. The molecule has 0 amide bonds. The Morgan fingerprint density at radius 3 is 2.33 bits per heavy atom. The van der Waals surface area contributed by atoms with Crippen LogP contribution in [-0.2, 0) is 13.0 Å². The molecule has 2 aromatic rings. The van der Waals surface area contributed by atoms with Crippen molar-refractivity contribution < 1.29 is 14.5 Å². The predicted molar refractivity (Wildman–Crippen MR) is 111 cm³/mol. The molecule has 2 aromatic carbocycles. The summed E-state index contributed by atoms with van der Waals surface area (Å²) >= 11 is 0. The third-order valence-electron chi connectivity index (χ3n) is 5.48. The molecule has 1 aliphatic rings. The first-order valence-electron chi connectivity index (χ1n) is 10.4. The number of rotatable bonds is 10. The second kappa shape index (κ2) is 10.9. The van der Waals surface area contributed by atoms with Gasteiger partial charge in [-0.3, -0.25) is 0 Å². The van der Waals surface area contributed by atoms with Gasteiger partial charge in [0.2, 0.25) is 0 Å². The molecule has 0 saturated carbocycles. The van der Waals surface area contributed by atoms with E-state index in [-0.39, 0.29) is 0 Å². The first-order valence-corrected chi connectivity index (χ1v) is 10.4. The first kappa shape index (κ1) is 19.7. The fraction of sp³-hybridized carbons (Fsp3) is 0.417.